The number of aliphatic imine (C=N–C) groups is 1. The van der Waals surface area contributed by atoms with Crippen LogP contribution in [0.4, 0.5) is 0 Å². The minimum atomic E-state index is 0.0675. The van der Waals surface area contributed by atoms with E-state index in [0.717, 1.165) is 58.1 Å². The van der Waals surface area contributed by atoms with Gasteiger partial charge in [-0.1, -0.05) is 44.2 Å². The first kappa shape index (κ1) is 22.6. The Labute approximate surface area is 182 Å². The van der Waals surface area contributed by atoms with Crippen molar-refractivity contribution in [1.82, 2.24) is 20.4 Å². The molecule has 1 amide bonds. The zero-order valence-electron chi connectivity index (χ0n) is 18.9. The van der Waals surface area contributed by atoms with Gasteiger partial charge in [0.1, 0.15) is 0 Å². The van der Waals surface area contributed by atoms with Gasteiger partial charge in [-0.3, -0.25) is 9.79 Å². The lowest BCUT2D eigenvalue weighted by molar-refractivity contribution is -0.133. The fourth-order valence-electron chi connectivity index (χ4n) is 4.37. The van der Waals surface area contributed by atoms with Crippen molar-refractivity contribution < 1.29 is 4.79 Å². The van der Waals surface area contributed by atoms with Crippen molar-refractivity contribution in [1.29, 1.82) is 0 Å². The zero-order chi connectivity index (χ0) is 21.3. The molecule has 1 aromatic carbocycles. The largest absolute Gasteiger partial charge is 0.357 e. The number of carbonyl (C=O) groups excluding carboxylic acids is 1. The average molecular weight is 414 g/mol. The van der Waals surface area contributed by atoms with Crippen LogP contribution in [-0.4, -0.2) is 73.5 Å². The predicted octanol–water partition coefficient (Wildman–Crippen LogP) is 2.36. The molecule has 2 heterocycles. The Kier molecular flexibility index (Phi) is 8.55. The van der Waals surface area contributed by atoms with Crippen molar-refractivity contribution in [2.24, 2.45) is 16.8 Å². The van der Waals surface area contributed by atoms with Crippen LogP contribution < -0.4 is 10.6 Å². The topological polar surface area (TPSA) is 60.0 Å². The number of benzene rings is 1. The van der Waals surface area contributed by atoms with Gasteiger partial charge in [0, 0.05) is 51.2 Å². The summed E-state index contributed by atoms with van der Waals surface area (Å²) in [4.78, 5) is 21.7. The molecule has 166 valence electrons. The molecular formula is C24H39N5O. The van der Waals surface area contributed by atoms with Gasteiger partial charge in [0.05, 0.1) is 0 Å². The second-order valence-corrected chi connectivity index (χ2v) is 8.98. The maximum atomic E-state index is 12.2. The Morgan fingerprint density at radius 3 is 2.70 bits per heavy atom. The van der Waals surface area contributed by atoms with Gasteiger partial charge in [0.15, 0.2) is 5.96 Å². The Morgan fingerprint density at radius 1 is 1.17 bits per heavy atom. The molecule has 2 aliphatic rings. The number of guanidine groups is 1. The summed E-state index contributed by atoms with van der Waals surface area (Å²) in [6.07, 6.45) is 3.33. The first-order valence-corrected chi connectivity index (χ1v) is 11.6. The number of hydrogen-bond acceptors (Lipinski definition) is 3. The van der Waals surface area contributed by atoms with Gasteiger partial charge in [-0.05, 0) is 44.2 Å². The molecule has 0 saturated carbocycles. The van der Waals surface area contributed by atoms with Crippen molar-refractivity contribution in [2.45, 2.75) is 46.1 Å². The van der Waals surface area contributed by atoms with Crippen LogP contribution in [0, 0.1) is 11.8 Å². The summed E-state index contributed by atoms with van der Waals surface area (Å²) in [6, 6.07) is 11.0. The number of likely N-dealkylation sites (tertiary alicyclic amines) is 2. The fourth-order valence-corrected chi connectivity index (χ4v) is 4.37. The molecule has 2 fully saturated rings. The van der Waals surface area contributed by atoms with E-state index in [4.69, 9.17) is 4.99 Å². The maximum absolute atomic E-state index is 12.2. The van der Waals surface area contributed by atoms with Crippen molar-refractivity contribution in [3.05, 3.63) is 35.9 Å². The molecule has 2 unspecified atom stereocenters. The molecular weight excluding hydrogens is 374 g/mol. The molecule has 2 aliphatic heterocycles. The van der Waals surface area contributed by atoms with Crippen LogP contribution in [0.2, 0.25) is 0 Å². The molecule has 2 atom stereocenters. The summed E-state index contributed by atoms with van der Waals surface area (Å²) in [5, 5.41) is 6.93. The molecule has 30 heavy (non-hydrogen) atoms. The maximum Gasteiger partial charge on any atom is 0.225 e. The zero-order valence-corrected chi connectivity index (χ0v) is 18.9. The van der Waals surface area contributed by atoms with Crippen LogP contribution in [0.25, 0.3) is 0 Å². The third-order valence-electron chi connectivity index (χ3n) is 6.12. The van der Waals surface area contributed by atoms with Gasteiger partial charge in [0.25, 0.3) is 0 Å². The molecule has 0 spiro atoms. The van der Waals surface area contributed by atoms with E-state index < -0.39 is 0 Å². The van der Waals surface area contributed by atoms with Gasteiger partial charge >= 0.3 is 0 Å². The quantitative estimate of drug-likeness (QED) is 0.507. The predicted molar refractivity (Wildman–Crippen MR) is 124 cm³/mol. The Bertz CT molecular complexity index is 690. The van der Waals surface area contributed by atoms with E-state index in [9.17, 15) is 4.79 Å². The first-order valence-electron chi connectivity index (χ1n) is 11.6. The standard InChI is InChI=1S/C24H39N5O/c1-4-25-24(27-22-12-15-29(18-22)23(30)19(2)3)26-16-21-11-14-28(17-21)13-10-20-8-6-5-7-9-20/h5-9,19,21-22H,4,10-18H2,1-3H3,(H2,25,26,27). The van der Waals surface area contributed by atoms with Crippen LogP contribution in [0.15, 0.2) is 35.3 Å². The van der Waals surface area contributed by atoms with E-state index in [1.54, 1.807) is 0 Å². The molecule has 6 nitrogen and oxygen atoms in total. The smallest absolute Gasteiger partial charge is 0.225 e. The minimum Gasteiger partial charge on any atom is -0.357 e. The lowest BCUT2D eigenvalue weighted by Crippen LogP contribution is -2.45. The van der Waals surface area contributed by atoms with E-state index in [2.05, 4.69) is 52.8 Å². The number of rotatable bonds is 8. The van der Waals surface area contributed by atoms with E-state index in [0.29, 0.717) is 5.92 Å². The summed E-state index contributed by atoms with van der Waals surface area (Å²) in [5.41, 5.74) is 1.42. The van der Waals surface area contributed by atoms with E-state index in [1.165, 1.54) is 18.5 Å². The number of carbonyl (C=O) groups is 1. The summed E-state index contributed by atoms with van der Waals surface area (Å²) >= 11 is 0. The number of nitrogens with zero attached hydrogens (tertiary/aromatic N) is 3. The van der Waals surface area contributed by atoms with Crippen molar-refractivity contribution in [3.8, 4) is 0 Å². The molecule has 2 saturated heterocycles. The highest BCUT2D eigenvalue weighted by molar-refractivity contribution is 5.81. The van der Waals surface area contributed by atoms with E-state index in [1.807, 2.05) is 18.7 Å². The molecule has 0 aromatic heterocycles. The lowest BCUT2D eigenvalue weighted by atomic mass is 10.1. The summed E-state index contributed by atoms with van der Waals surface area (Å²) in [5.74, 6) is 1.84. The van der Waals surface area contributed by atoms with E-state index in [-0.39, 0.29) is 17.9 Å². The monoisotopic (exact) mass is 413 g/mol. The summed E-state index contributed by atoms with van der Waals surface area (Å²) in [7, 11) is 0. The van der Waals surface area contributed by atoms with Gasteiger partial charge in [0.2, 0.25) is 5.91 Å². The molecule has 3 rings (SSSR count). The van der Waals surface area contributed by atoms with Crippen LogP contribution in [0.1, 0.15) is 39.2 Å². The van der Waals surface area contributed by atoms with Crippen molar-refractivity contribution in [3.63, 3.8) is 0 Å². The normalized spacial score (nSPS) is 22.7. The Hall–Kier alpha value is -2.08. The molecule has 0 bridgehead atoms. The van der Waals surface area contributed by atoms with Gasteiger partial charge in [-0.25, -0.2) is 0 Å². The highest BCUT2D eigenvalue weighted by atomic mass is 16.2. The van der Waals surface area contributed by atoms with Gasteiger partial charge in [-0.2, -0.15) is 0 Å². The molecule has 2 N–H and O–H groups in total. The van der Waals surface area contributed by atoms with Crippen LogP contribution >= 0.6 is 0 Å². The first-order chi connectivity index (χ1) is 14.5. The highest BCUT2D eigenvalue weighted by Crippen LogP contribution is 2.17. The van der Waals surface area contributed by atoms with E-state index >= 15 is 0 Å². The second kappa shape index (κ2) is 11.3. The average Bonchev–Trinajstić information content (AvgIpc) is 3.40. The minimum absolute atomic E-state index is 0.0675. The third kappa shape index (κ3) is 6.73. The molecule has 1 aromatic rings. The van der Waals surface area contributed by atoms with Crippen molar-refractivity contribution in [2.75, 3.05) is 45.8 Å². The van der Waals surface area contributed by atoms with Gasteiger partial charge in [-0.15, -0.1) is 0 Å². The fraction of sp³-hybridized carbons (Fsp3) is 0.667. The van der Waals surface area contributed by atoms with Crippen molar-refractivity contribution >= 4 is 11.9 Å². The van der Waals surface area contributed by atoms with Gasteiger partial charge < -0.3 is 20.4 Å². The molecule has 0 radical (unpaired) electrons. The van der Waals surface area contributed by atoms with Crippen LogP contribution in [-0.2, 0) is 11.2 Å². The number of nitrogens with one attached hydrogen (secondary N) is 2. The number of amides is 1. The van der Waals surface area contributed by atoms with Crippen LogP contribution in [0.5, 0.6) is 0 Å². The second-order valence-electron chi connectivity index (χ2n) is 8.98. The Morgan fingerprint density at radius 2 is 1.97 bits per heavy atom. The summed E-state index contributed by atoms with van der Waals surface area (Å²) < 4.78 is 0. The third-order valence-corrected chi connectivity index (χ3v) is 6.12. The van der Waals surface area contributed by atoms with Crippen LogP contribution in [0.3, 0.4) is 0 Å². The lowest BCUT2D eigenvalue weighted by Gasteiger charge is -2.20. The molecule has 0 aliphatic carbocycles. The number of hydrogen-bond donors (Lipinski definition) is 2. The SMILES string of the molecule is CCNC(=NCC1CCN(CCc2ccccc2)C1)NC1CCN(C(=O)C(C)C)C1. The Balaban J connectivity index is 1.43. The molecule has 6 heteroatoms. The summed E-state index contributed by atoms with van der Waals surface area (Å²) in [6.45, 7) is 12.8. The highest BCUT2D eigenvalue weighted by Gasteiger charge is 2.28.